The molecule has 8 heteroatoms. The molecule has 0 spiro atoms. The molecule has 1 aliphatic heterocycles. The van der Waals surface area contributed by atoms with Gasteiger partial charge in [0.25, 0.3) is 0 Å². The van der Waals surface area contributed by atoms with Crippen LogP contribution in [0.2, 0.25) is 0 Å². The van der Waals surface area contributed by atoms with E-state index in [0.717, 1.165) is 33.6 Å². The molecule has 1 unspecified atom stereocenters. The number of nitrogens with one attached hydrogen (secondary N) is 1. The number of carbonyl (C=O) groups is 1. The van der Waals surface area contributed by atoms with E-state index in [0.29, 0.717) is 6.54 Å². The molecule has 1 aliphatic rings. The fraction of sp³-hybridized carbons (Fsp3) is 0.238. The highest BCUT2D eigenvalue weighted by Crippen LogP contribution is 2.36. The number of para-hydroxylation sites is 1. The third kappa shape index (κ3) is 4.10. The van der Waals surface area contributed by atoms with Gasteiger partial charge in [-0.2, -0.15) is 0 Å². The van der Waals surface area contributed by atoms with Gasteiger partial charge in [-0.3, -0.25) is 4.79 Å². The summed E-state index contributed by atoms with van der Waals surface area (Å²) in [6.45, 7) is 0.711. The molecular formula is C21H21N3O3S2. The minimum atomic E-state index is -3.46. The highest BCUT2D eigenvalue weighted by molar-refractivity contribution is 7.89. The fourth-order valence-electron chi connectivity index (χ4n) is 3.46. The summed E-state index contributed by atoms with van der Waals surface area (Å²) in [5, 5.41) is 0.979. The summed E-state index contributed by atoms with van der Waals surface area (Å²) in [6.07, 6.45) is 5.13. The van der Waals surface area contributed by atoms with E-state index in [1.54, 1.807) is 35.6 Å². The normalized spacial score (nSPS) is 17.4. The van der Waals surface area contributed by atoms with Gasteiger partial charge in [-0.25, -0.2) is 18.1 Å². The van der Waals surface area contributed by atoms with Crippen LogP contribution < -0.4 is 4.72 Å². The van der Waals surface area contributed by atoms with Crippen LogP contribution in [0.15, 0.2) is 59.5 Å². The first kappa shape index (κ1) is 19.8. The molecule has 1 atom stereocenters. The van der Waals surface area contributed by atoms with Crippen molar-refractivity contribution in [2.24, 2.45) is 0 Å². The van der Waals surface area contributed by atoms with Gasteiger partial charge in [-0.1, -0.05) is 24.3 Å². The zero-order valence-corrected chi connectivity index (χ0v) is 17.5. The van der Waals surface area contributed by atoms with Crippen LogP contribution in [-0.4, -0.2) is 37.8 Å². The minimum absolute atomic E-state index is 0.00713. The third-order valence-corrected chi connectivity index (χ3v) is 7.58. The number of benzene rings is 2. The number of likely N-dealkylation sites (tertiary alicyclic amines) is 1. The summed E-state index contributed by atoms with van der Waals surface area (Å²) < 4.78 is 27.0. The molecule has 1 saturated heterocycles. The second kappa shape index (κ2) is 8.06. The third-order valence-electron chi connectivity index (χ3n) is 5.01. The Bertz CT molecular complexity index is 1130. The van der Waals surface area contributed by atoms with E-state index in [2.05, 4.69) is 10.8 Å². The van der Waals surface area contributed by atoms with E-state index in [1.165, 1.54) is 19.2 Å². The van der Waals surface area contributed by atoms with Gasteiger partial charge in [-0.05, 0) is 55.8 Å². The molecule has 0 bridgehead atoms. The lowest BCUT2D eigenvalue weighted by molar-refractivity contribution is -0.126. The molecule has 4 rings (SSSR count). The first-order valence-electron chi connectivity index (χ1n) is 9.36. The molecule has 2 aromatic carbocycles. The van der Waals surface area contributed by atoms with Crippen molar-refractivity contribution in [3.05, 3.63) is 65.2 Å². The maximum atomic E-state index is 12.8. The largest absolute Gasteiger partial charge is 0.330 e. The van der Waals surface area contributed by atoms with E-state index < -0.39 is 10.0 Å². The molecule has 3 aromatic rings. The van der Waals surface area contributed by atoms with Gasteiger partial charge in [0, 0.05) is 12.6 Å². The number of thiazole rings is 1. The Kier molecular flexibility index (Phi) is 5.49. The van der Waals surface area contributed by atoms with Gasteiger partial charge in [0.2, 0.25) is 15.9 Å². The minimum Gasteiger partial charge on any atom is -0.330 e. The topological polar surface area (TPSA) is 79.4 Å². The zero-order valence-electron chi connectivity index (χ0n) is 15.9. The van der Waals surface area contributed by atoms with Crippen molar-refractivity contribution >= 4 is 43.6 Å². The molecule has 0 aliphatic carbocycles. The molecule has 150 valence electrons. The molecule has 2 heterocycles. The van der Waals surface area contributed by atoms with Crippen molar-refractivity contribution in [1.82, 2.24) is 14.6 Å². The van der Waals surface area contributed by atoms with Gasteiger partial charge >= 0.3 is 0 Å². The number of hydrogen-bond donors (Lipinski definition) is 1. The molecule has 1 amide bonds. The van der Waals surface area contributed by atoms with Gasteiger partial charge in [0.1, 0.15) is 5.01 Å². The lowest BCUT2D eigenvalue weighted by atomic mass is 10.2. The van der Waals surface area contributed by atoms with Gasteiger partial charge in [0.15, 0.2) is 0 Å². The van der Waals surface area contributed by atoms with E-state index in [9.17, 15) is 13.2 Å². The summed E-state index contributed by atoms with van der Waals surface area (Å²) in [6, 6.07) is 14.4. The number of amides is 1. The van der Waals surface area contributed by atoms with Gasteiger partial charge in [-0.15, -0.1) is 11.3 Å². The summed E-state index contributed by atoms with van der Waals surface area (Å²) in [7, 11) is -2.09. The van der Waals surface area contributed by atoms with Crippen LogP contribution in [0.1, 0.15) is 29.5 Å². The van der Waals surface area contributed by atoms with Crippen molar-refractivity contribution in [2.75, 3.05) is 13.6 Å². The van der Waals surface area contributed by atoms with Crippen LogP contribution in [0, 0.1) is 0 Å². The Morgan fingerprint density at radius 1 is 1.21 bits per heavy atom. The Labute approximate surface area is 173 Å². The van der Waals surface area contributed by atoms with Gasteiger partial charge < -0.3 is 4.90 Å². The van der Waals surface area contributed by atoms with E-state index in [4.69, 9.17) is 4.98 Å². The second-order valence-corrected chi connectivity index (χ2v) is 9.77. The summed E-state index contributed by atoms with van der Waals surface area (Å²) in [5.41, 5.74) is 1.74. The quantitative estimate of drug-likeness (QED) is 0.631. The highest BCUT2D eigenvalue weighted by Gasteiger charge is 2.31. The SMILES string of the molecule is CNS(=O)(=O)c1ccc(/C=C/C(=O)N2CCCC2c2nc3ccccc3s2)cc1. The number of fused-ring (bicyclic) bond motifs is 1. The second-order valence-electron chi connectivity index (χ2n) is 6.82. The van der Waals surface area contributed by atoms with Crippen molar-refractivity contribution in [3.63, 3.8) is 0 Å². The standard InChI is InChI=1S/C21H21N3O3S2/c1-22-29(26,27)16-11-8-15(9-12-16)10-13-20(25)24-14-4-6-18(24)21-23-17-5-2-3-7-19(17)28-21/h2-3,5,7-13,18,22H,4,6,14H2,1H3/b13-10+. The van der Waals surface area contributed by atoms with E-state index >= 15 is 0 Å². The zero-order chi connectivity index (χ0) is 20.4. The molecule has 29 heavy (non-hydrogen) atoms. The average Bonchev–Trinajstić information content (AvgIpc) is 3.39. The van der Waals surface area contributed by atoms with Crippen molar-refractivity contribution in [3.8, 4) is 0 Å². The fourth-order valence-corrected chi connectivity index (χ4v) is 5.30. The van der Waals surface area contributed by atoms with Crippen LogP contribution in [0.5, 0.6) is 0 Å². The lowest BCUT2D eigenvalue weighted by Gasteiger charge is -2.21. The van der Waals surface area contributed by atoms with Crippen LogP contribution in [0.4, 0.5) is 0 Å². The molecule has 0 radical (unpaired) electrons. The van der Waals surface area contributed by atoms with E-state index in [1.807, 2.05) is 23.1 Å². The first-order valence-corrected chi connectivity index (χ1v) is 11.7. The maximum absolute atomic E-state index is 12.8. The first-order chi connectivity index (χ1) is 14.0. The number of carbonyl (C=O) groups excluding carboxylic acids is 1. The number of aromatic nitrogens is 1. The van der Waals surface area contributed by atoms with Crippen molar-refractivity contribution in [1.29, 1.82) is 0 Å². The Balaban J connectivity index is 1.50. The predicted octanol–water partition coefficient (Wildman–Crippen LogP) is 3.58. The smallest absolute Gasteiger partial charge is 0.247 e. The Morgan fingerprint density at radius 2 is 1.97 bits per heavy atom. The molecule has 1 aromatic heterocycles. The number of sulfonamides is 1. The molecule has 0 saturated carbocycles. The van der Waals surface area contributed by atoms with E-state index in [-0.39, 0.29) is 16.8 Å². The predicted molar refractivity (Wildman–Crippen MR) is 115 cm³/mol. The number of hydrogen-bond acceptors (Lipinski definition) is 5. The Morgan fingerprint density at radius 3 is 2.69 bits per heavy atom. The van der Waals surface area contributed by atoms with Crippen molar-refractivity contribution < 1.29 is 13.2 Å². The highest BCUT2D eigenvalue weighted by atomic mass is 32.2. The van der Waals surface area contributed by atoms with Crippen LogP contribution in [0.3, 0.4) is 0 Å². The Hall–Kier alpha value is -2.55. The van der Waals surface area contributed by atoms with Crippen LogP contribution in [-0.2, 0) is 14.8 Å². The van der Waals surface area contributed by atoms with Crippen LogP contribution in [0.25, 0.3) is 16.3 Å². The summed E-state index contributed by atoms with van der Waals surface area (Å²) in [5.74, 6) is -0.0568. The molecule has 1 N–H and O–H groups in total. The number of nitrogens with zero attached hydrogens (tertiary/aromatic N) is 2. The maximum Gasteiger partial charge on any atom is 0.247 e. The summed E-state index contributed by atoms with van der Waals surface area (Å²) >= 11 is 1.64. The van der Waals surface area contributed by atoms with Gasteiger partial charge in [0.05, 0.1) is 21.2 Å². The summed E-state index contributed by atoms with van der Waals surface area (Å²) in [4.78, 5) is 19.6. The molecule has 6 nitrogen and oxygen atoms in total. The van der Waals surface area contributed by atoms with Crippen molar-refractivity contribution in [2.45, 2.75) is 23.8 Å². The lowest BCUT2D eigenvalue weighted by Crippen LogP contribution is -2.28. The monoisotopic (exact) mass is 427 g/mol. The molecule has 1 fully saturated rings. The average molecular weight is 428 g/mol. The number of rotatable bonds is 5. The van der Waals surface area contributed by atoms with Crippen LogP contribution >= 0.6 is 11.3 Å². The molecular weight excluding hydrogens is 406 g/mol.